The molecule has 5 nitrogen and oxygen atoms in total. The van der Waals surface area contributed by atoms with Gasteiger partial charge in [-0.15, -0.1) is 0 Å². The maximum Gasteiger partial charge on any atom is 0.205 e. The highest BCUT2D eigenvalue weighted by Crippen LogP contribution is 2.46. The van der Waals surface area contributed by atoms with Crippen molar-refractivity contribution in [3.8, 4) is 17.2 Å². The van der Waals surface area contributed by atoms with Crippen molar-refractivity contribution in [2.24, 2.45) is 0 Å². The summed E-state index contributed by atoms with van der Waals surface area (Å²) in [7, 11) is 4.28. The molecule has 2 rings (SSSR count). The van der Waals surface area contributed by atoms with Gasteiger partial charge in [0.25, 0.3) is 0 Å². The van der Waals surface area contributed by atoms with Gasteiger partial charge in [0.2, 0.25) is 5.75 Å². The molecule has 2 aromatic carbocycles. The Morgan fingerprint density at radius 2 is 1.70 bits per heavy atom. The number of rotatable bonds is 5. The van der Waals surface area contributed by atoms with E-state index in [0.717, 1.165) is 0 Å². The molecule has 0 spiro atoms. The largest absolute Gasteiger partial charge is 0.493 e. The van der Waals surface area contributed by atoms with E-state index in [1.165, 1.54) is 45.6 Å². The number of hydrogen-bond donors (Lipinski definition) is 2. The zero-order chi connectivity index (χ0) is 17.1. The van der Waals surface area contributed by atoms with Crippen molar-refractivity contribution in [1.29, 1.82) is 0 Å². The summed E-state index contributed by atoms with van der Waals surface area (Å²) in [6.45, 7) is 0. The fourth-order valence-electron chi connectivity index (χ4n) is 2.32. The summed E-state index contributed by atoms with van der Waals surface area (Å²) in [5, 5.41) is 10.8. The van der Waals surface area contributed by atoms with E-state index in [4.69, 9.17) is 31.5 Å². The number of aliphatic hydroxyl groups excluding tert-OH is 1. The van der Waals surface area contributed by atoms with Crippen molar-refractivity contribution >= 4 is 17.3 Å². The Balaban J connectivity index is 2.65. The molecule has 0 aliphatic carbocycles. The second kappa shape index (κ2) is 6.93. The second-order valence-electron chi connectivity index (χ2n) is 4.72. The van der Waals surface area contributed by atoms with Crippen LogP contribution < -0.4 is 19.9 Å². The number of aliphatic hydroxyl groups is 1. The SMILES string of the molecule is COc1cc(C(O)c2cc(Cl)ccc2F)c(N)c(OC)c1OC. The average molecular weight is 342 g/mol. The third kappa shape index (κ3) is 3.13. The first-order chi connectivity index (χ1) is 10.9. The molecule has 23 heavy (non-hydrogen) atoms. The Bertz CT molecular complexity index is 724. The fourth-order valence-corrected chi connectivity index (χ4v) is 2.50. The lowest BCUT2D eigenvalue weighted by atomic mass is 9.98. The molecule has 0 aliphatic rings. The van der Waals surface area contributed by atoms with Gasteiger partial charge in [0, 0.05) is 16.1 Å². The molecule has 1 unspecified atom stereocenters. The van der Waals surface area contributed by atoms with Crippen LogP contribution in [-0.2, 0) is 0 Å². The third-order valence-electron chi connectivity index (χ3n) is 3.45. The molecule has 7 heteroatoms. The van der Waals surface area contributed by atoms with Crippen LogP contribution in [-0.4, -0.2) is 26.4 Å². The van der Waals surface area contributed by atoms with Crippen LogP contribution in [0.1, 0.15) is 17.2 Å². The lowest BCUT2D eigenvalue weighted by molar-refractivity contribution is 0.214. The van der Waals surface area contributed by atoms with Crippen LogP contribution in [0.4, 0.5) is 10.1 Å². The van der Waals surface area contributed by atoms with E-state index in [0.29, 0.717) is 10.8 Å². The second-order valence-corrected chi connectivity index (χ2v) is 5.15. The number of nitrogen functional groups attached to an aromatic ring is 1. The van der Waals surface area contributed by atoms with Gasteiger partial charge >= 0.3 is 0 Å². The normalized spacial score (nSPS) is 11.9. The van der Waals surface area contributed by atoms with Crippen LogP contribution in [0.5, 0.6) is 17.2 Å². The summed E-state index contributed by atoms with van der Waals surface area (Å²) in [4.78, 5) is 0. The van der Waals surface area contributed by atoms with Gasteiger partial charge in [-0.25, -0.2) is 4.39 Å². The van der Waals surface area contributed by atoms with E-state index in [-0.39, 0.29) is 28.3 Å². The molecule has 0 aromatic heterocycles. The summed E-state index contributed by atoms with van der Waals surface area (Å²) in [5.41, 5.74) is 6.39. The number of anilines is 1. The molecule has 0 amide bonds. The minimum Gasteiger partial charge on any atom is -0.493 e. The summed E-state index contributed by atoms with van der Waals surface area (Å²) >= 11 is 5.87. The van der Waals surface area contributed by atoms with Gasteiger partial charge in [-0.2, -0.15) is 0 Å². The van der Waals surface area contributed by atoms with E-state index in [1.807, 2.05) is 0 Å². The monoisotopic (exact) mass is 341 g/mol. The minimum atomic E-state index is -1.34. The molecule has 0 radical (unpaired) electrons. The highest BCUT2D eigenvalue weighted by Gasteiger charge is 2.25. The highest BCUT2D eigenvalue weighted by molar-refractivity contribution is 6.30. The van der Waals surface area contributed by atoms with E-state index in [2.05, 4.69) is 0 Å². The first-order valence-corrected chi connectivity index (χ1v) is 7.03. The topological polar surface area (TPSA) is 73.9 Å². The fraction of sp³-hybridized carbons (Fsp3) is 0.250. The number of methoxy groups -OCH3 is 3. The van der Waals surface area contributed by atoms with Crippen molar-refractivity contribution in [3.05, 3.63) is 46.2 Å². The van der Waals surface area contributed by atoms with Crippen molar-refractivity contribution in [3.63, 3.8) is 0 Å². The van der Waals surface area contributed by atoms with Crippen molar-refractivity contribution in [1.82, 2.24) is 0 Å². The van der Waals surface area contributed by atoms with Gasteiger partial charge in [-0.3, -0.25) is 0 Å². The van der Waals surface area contributed by atoms with Crippen molar-refractivity contribution in [2.45, 2.75) is 6.10 Å². The van der Waals surface area contributed by atoms with E-state index in [1.54, 1.807) is 0 Å². The molecule has 0 aliphatic heterocycles. The maximum absolute atomic E-state index is 14.0. The predicted molar refractivity (Wildman–Crippen MR) is 86.0 cm³/mol. The van der Waals surface area contributed by atoms with Crippen LogP contribution in [0.25, 0.3) is 0 Å². The maximum atomic E-state index is 14.0. The van der Waals surface area contributed by atoms with Crippen LogP contribution >= 0.6 is 11.6 Å². The lowest BCUT2D eigenvalue weighted by Gasteiger charge is -2.20. The Kier molecular flexibility index (Phi) is 5.18. The molecule has 1 atom stereocenters. The molecule has 0 saturated heterocycles. The molecule has 0 fully saturated rings. The van der Waals surface area contributed by atoms with Crippen molar-refractivity contribution < 1.29 is 23.7 Å². The standard InChI is InChI=1S/C16H17ClFNO4/c1-21-12-7-10(13(19)16(23-3)15(12)22-2)14(20)9-6-8(17)4-5-11(9)18/h4-7,14,20H,19H2,1-3H3. The summed E-state index contributed by atoms with van der Waals surface area (Å²) < 4.78 is 29.7. The molecule has 0 heterocycles. The molecule has 0 saturated carbocycles. The summed E-state index contributed by atoms with van der Waals surface area (Å²) in [5.74, 6) is 0.184. The predicted octanol–water partition coefficient (Wildman–Crippen LogP) is 3.17. The highest BCUT2D eigenvalue weighted by atomic mass is 35.5. The van der Waals surface area contributed by atoms with E-state index >= 15 is 0 Å². The molecule has 124 valence electrons. The number of benzene rings is 2. The molecular formula is C16H17ClFNO4. The van der Waals surface area contributed by atoms with Gasteiger partial charge in [-0.05, 0) is 24.3 Å². The zero-order valence-electron chi connectivity index (χ0n) is 12.9. The van der Waals surface area contributed by atoms with Crippen LogP contribution in [0, 0.1) is 5.82 Å². The van der Waals surface area contributed by atoms with Gasteiger partial charge in [0.05, 0.1) is 27.0 Å². The van der Waals surface area contributed by atoms with Gasteiger partial charge in [0.15, 0.2) is 11.5 Å². The Labute approximate surface area is 138 Å². The van der Waals surface area contributed by atoms with Crippen LogP contribution in [0.2, 0.25) is 5.02 Å². The third-order valence-corrected chi connectivity index (χ3v) is 3.68. The smallest absolute Gasteiger partial charge is 0.205 e. The van der Waals surface area contributed by atoms with Gasteiger partial charge in [0.1, 0.15) is 11.9 Å². The minimum absolute atomic E-state index is 0.00141. The van der Waals surface area contributed by atoms with Gasteiger partial charge in [-0.1, -0.05) is 11.6 Å². The number of halogens is 2. The molecular weight excluding hydrogens is 325 g/mol. The quantitative estimate of drug-likeness (QED) is 0.817. The zero-order valence-corrected chi connectivity index (χ0v) is 13.6. The van der Waals surface area contributed by atoms with Crippen molar-refractivity contribution in [2.75, 3.05) is 27.1 Å². The van der Waals surface area contributed by atoms with Crippen LogP contribution in [0.15, 0.2) is 24.3 Å². The van der Waals surface area contributed by atoms with Gasteiger partial charge < -0.3 is 25.1 Å². The number of ether oxygens (including phenoxy) is 3. The van der Waals surface area contributed by atoms with E-state index < -0.39 is 11.9 Å². The first kappa shape index (κ1) is 17.2. The van der Waals surface area contributed by atoms with E-state index in [9.17, 15) is 9.50 Å². The summed E-state index contributed by atoms with van der Waals surface area (Å²) in [6, 6.07) is 5.38. The molecule has 3 N–H and O–H groups in total. The Morgan fingerprint density at radius 3 is 2.26 bits per heavy atom. The Morgan fingerprint density at radius 1 is 1.04 bits per heavy atom. The van der Waals surface area contributed by atoms with Crippen LogP contribution in [0.3, 0.4) is 0 Å². The Hall–Kier alpha value is -2.18. The number of nitrogens with two attached hydrogens (primary N) is 1. The molecule has 0 bridgehead atoms. The molecule has 2 aromatic rings. The first-order valence-electron chi connectivity index (χ1n) is 6.65. The number of hydrogen-bond acceptors (Lipinski definition) is 5. The lowest BCUT2D eigenvalue weighted by Crippen LogP contribution is -2.09. The average Bonchev–Trinajstić information content (AvgIpc) is 2.55. The summed E-state index contributed by atoms with van der Waals surface area (Å²) in [6.07, 6.45) is -1.34.